The molecule has 0 radical (unpaired) electrons. The molecule has 0 amide bonds. The molecule has 0 aliphatic carbocycles. The molecule has 3 atom stereocenters. The van der Waals surface area contributed by atoms with Gasteiger partial charge in [-0.25, -0.2) is 4.68 Å². The van der Waals surface area contributed by atoms with Gasteiger partial charge >= 0.3 is 0 Å². The van der Waals surface area contributed by atoms with Crippen molar-refractivity contribution in [2.75, 3.05) is 11.9 Å². The Morgan fingerprint density at radius 2 is 2.33 bits per heavy atom. The van der Waals surface area contributed by atoms with E-state index >= 15 is 0 Å². The quantitative estimate of drug-likeness (QED) is 0.895. The molecule has 1 aromatic heterocycles. The molecule has 18 heavy (non-hydrogen) atoms. The Bertz CT molecular complexity index is 415. The third-order valence-corrected chi connectivity index (χ3v) is 4.05. The molecular formula is C14H23N3O. The summed E-state index contributed by atoms with van der Waals surface area (Å²) in [5, 5.41) is 8.22. The van der Waals surface area contributed by atoms with Gasteiger partial charge in [-0.1, -0.05) is 13.3 Å². The minimum Gasteiger partial charge on any atom is -0.373 e. The van der Waals surface area contributed by atoms with Gasteiger partial charge in [0.15, 0.2) is 0 Å². The van der Waals surface area contributed by atoms with E-state index < -0.39 is 0 Å². The second-order valence-electron chi connectivity index (χ2n) is 5.56. The fourth-order valence-electron chi connectivity index (χ4n) is 3.14. The number of nitrogens with zero attached hydrogens (tertiary/aromatic N) is 2. The molecule has 4 heteroatoms. The van der Waals surface area contributed by atoms with Crippen molar-refractivity contribution >= 4 is 5.82 Å². The van der Waals surface area contributed by atoms with Gasteiger partial charge in [0.1, 0.15) is 5.82 Å². The van der Waals surface area contributed by atoms with Crippen molar-refractivity contribution in [1.29, 1.82) is 0 Å². The van der Waals surface area contributed by atoms with Crippen LogP contribution in [0.2, 0.25) is 0 Å². The van der Waals surface area contributed by atoms with Crippen LogP contribution in [0.1, 0.15) is 51.3 Å². The minimum atomic E-state index is 0.357. The van der Waals surface area contributed by atoms with Crippen LogP contribution in [0, 0.1) is 0 Å². The van der Waals surface area contributed by atoms with Gasteiger partial charge in [0.05, 0.1) is 23.9 Å². The van der Waals surface area contributed by atoms with E-state index in [-0.39, 0.29) is 0 Å². The van der Waals surface area contributed by atoms with E-state index in [0.717, 1.165) is 25.8 Å². The summed E-state index contributed by atoms with van der Waals surface area (Å²) in [4.78, 5) is 0. The maximum absolute atomic E-state index is 6.04. The molecule has 2 aliphatic rings. The van der Waals surface area contributed by atoms with Crippen molar-refractivity contribution in [1.82, 2.24) is 9.78 Å². The summed E-state index contributed by atoms with van der Waals surface area (Å²) in [6.07, 6.45) is 6.47. The van der Waals surface area contributed by atoms with Crippen LogP contribution in [-0.2, 0) is 11.2 Å². The van der Waals surface area contributed by atoms with Gasteiger partial charge < -0.3 is 10.1 Å². The Morgan fingerprint density at radius 1 is 1.44 bits per heavy atom. The molecule has 1 fully saturated rings. The number of hydrogen-bond acceptors (Lipinski definition) is 3. The normalized spacial score (nSPS) is 31.1. The van der Waals surface area contributed by atoms with E-state index in [0.29, 0.717) is 18.2 Å². The summed E-state index contributed by atoms with van der Waals surface area (Å²) in [6, 6.07) is 2.63. The summed E-state index contributed by atoms with van der Waals surface area (Å²) in [5.74, 6) is 1.18. The Morgan fingerprint density at radius 3 is 3.06 bits per heavy atom. The van der Waals surface area contributed by atoms with E-state index in [1.165, 1.54) is 24.4 Å². The number of nitrogens with one attached hydrogen (secondary N) is 1. The maximum atomic E-state index is 6.04. The Hall–Kier alpha value is -1.03. The number of hydrogen-bond donors (Lipinski definition) is 1. The van der Waals surface area contributed by atoms with Crippen LogP contribution in [0.25, 0.3) is 0 Å². The van der Waals surface area contributed by atoms with Crippen molar-refractivity contribution < 1.29 is 4.74 Å². The molecule has 0 spiro atoms. The summed E-state index contributed by atoms with van der Waals surface area (Å²) >= 11 is 0. The first-order valence-electron chi connectivity index (χ1n) is 7.25. The van der Waals surface area contributed by atoms with Crippen molar-refractivity contribution in [3.63, 3.8) is 0 Å². The van der Waals surface area contributed by atoms with Gasteiger partial charge in [0.25, 0.3) is 0 Å². The van der Waals surface area contributed by atoms with E-state index in [9.17, 15) is 0 Å². The van der Waals surface area contributed by atoms with Crippen LogP contribution < -0.4 is 5.32 Å². The largest absolute Gasteiger partial charge is 0.373 e. The Kier molecular flexibility index (Phi) is 3.29. The average molecular weight is 249 g/mol. The smallest absolute Gasteiger partial charge is 0.124 e. The van der Waals surface area contributed by atoms with Crippen molar-refractivity contribution in [2.24, 2.45) is 0 Å². The first kappa shape index (κ1) is 12.0. The zero-order valence-electron chi connectivity index (χ0n) is 11.4. The standard InChI is InChI=1S/C14H23N3O/c1-3-4-11-9-14-15-8-7-12(17(14)16-11)13-6-5-10(2)18-13/h9-10,12-13,15H,3-8H2,1-2H3. The summed E-state index contributed by atoms with van der Waals surface area (Å²) < 4.78 is 8.22. The van der Waals surface area contributed by atoms with Gasteiger partial charge in [-0.2, -0.15) is 5.10 Å². The highest BCUT2D eigenvalue weighted by molar-refractivity contribution is 5.39. The lowest BCUT2D eigenvalue weighted by atomic mass is 10.0. The lowest BCUT2D eigenvalue weighted by molar-refractivity contribution is 0.0172. The van der Waals surface area contributed by atoms with Gasteiger partial charge in [0, 0.05) is 12.6 Å². The van der Waals surface area contributed by atoms with Crippen LogP contribution in [0.3, 0.4) is 0 Å². The number of aryl methyl sites for hydroxylation is 1. The lowest BCUT2D eigenvalue weighted by Crippen LogP contribution is -2.32. The van der Waals surface area contributed by atoms with Crippen LogP contribution in [0.5, 0.6) is 0 Å². The maximum Gasteiger partial charge on any atom is 0.124 e. The van der Waals surface area contributed by atoms with Crippen LogP contribution in [0.15, 0.2) is 6.07 Å². The molecule has 3 heterocycles. The average Bonchev–Trinajstić information content (AvgIpc) is 2.94. The fraction of sp³-hybridized carbons (Fsp3) is 0.786. The number of aromatic nitrogens is 2. The molecule has 3 rings (SSSR count). The zero-order chi connectivity index (χ0) is 12.5. The molecule has 4 nitrogen and oxygen atoms in total. The molecule has 100 valence electrons. The Balaban J connectivity index is 1.82. The number of ether oxygens (including phenoxy) is 1. The zero-order valence-corrected chi connectivity index (χ0v) is 11.4. The van der Waals surface area contributed by atoms with E-state index in [1.54, 1.807) is 0 Å². The second kappa shape index (κ2) is 4.92. The van der Waals surface area contributed by atoms with Crippen molar-refractivity contribution in [2.45, 2.75) is 64.2 Å². The highest BCUT2D eigenvalue weighted by Gasteiger charge is 2.34. The topological polar surface area (TPSA) is 39.1 Å². The van der Waals surface area contributed by atoms with Gasteiger partial charge in [-0.05, 0) is 32.6 Å². The van der Waals surface area contributed by atoms with E-state index in [1.807, 2.05) is 0 Å². The minimum absolute atomic E-state index is 0.357. The van der Waals surface area contributed by atoms with E-state index in [4.69, 9.17) is 9.84 Å². The monoisotopic (exact) mass is 249 g/mol. The molecule has 1 saturated heterocycles. The molecule has 0 aromatic carbocycles. The first-order chi connectivity index (χ1) is 8.78. The summed E-state index contributed by atoms with van der Waals surface area (Å²) in [5.41, 5.74) is 1.21. The SMILES string of the molecule is CCCc1cc2n(n1)C(C1CCC(C)O1)CCN2. The molecule has 1 N–H and O–H groups in total. The van der Waals surface area contributed by atoms with Crippen LogP contribution in [-0.4, -0.2) is 28.5 Å². The van der Waals surface area contributed by atoms with Crippen LogP contribution >= 0.6 is 0 Å². The van der Waals surface area contributed by atoms with E-state index in [2.05, 4.69) is 29.9 Å². The molecule has 2 aliphatic heterocycles. The lowest BCUT2D eigenvalue weighted by Gasteiger charge is -2.29. The van der Waals surface area contributed by atoms with Crippen molar-refractivity contribution in [3.8, 4) is 0 Å². The number of fused-ring (bicyclic) bond motifs is 1. The molecule has 1 aromatic rings. The number of anilines is 1. The van der Waals surface area contributed by atoms with Crippen LogP contribution in [0.4, 0.5) is 5.82 Å². The molecular weight excluding hydrogens is 226 g/mol. The van der Waals surface area contributed by atoms with Gasteiger partial charge in [-0.15, -0.1) is 0 Å². The third kappa shape index (κ3) is 2.14. The molecule has 0 bridgehead atoms. The predicted octanol–water partition coefficient (Wildman–Crippen LogP) is 2.76. The van der Waals surface area contributed by atoms with Gasteiger partial charge in [0.2, 0.25) is 0 Å². The van der Waals surface area contributed by atoms with Crippen molar-refractivity contribution in [3.05, 3.63) is 11.8 Å². The Labute approximate surface area is 109 Å². The highest BCUT2D eigenvalue weighted by Crippen LogP contribution is 2.34. The first-order valence-corrected chi connectivity index (χ1v) is 7.25. The molecule has 3 unspecified atom stereocenters. The second-order valence-corrected chi connectivity index (χ2v) is 5.56. The number of rotatable bonds is 3. The third-order valence-electron chi connectivity index (χ3n) is 4.05. The fourth-order valence-corrected chi connectivity index (χ4v) is 3.14. The predicted molar refractivity (Wildman–Crippen MR) is 71.9 cm³/mol. The summed E-state index contributed by atoms with van der Waals surface area (Å²) in [7, 11) is 0. The highest BCUT2D eigenvalue weighted by atomic mass is 16.5. The molecule has 0 saturated carbocycles. The van der Waals surface area contributed by atoms with Gasteiger partial charge in [-0.3, -0.25) is 0 Å². The summed E-state index contributed by atoms with van der Waals surface area (Å²) in [6.45, 7) is 5.41.